The molecule has 1 aliphatic rings. The molecule has 6 nitrogen and oxygen atoms in total. The van der Waals surface area contributed by atoms with Crippen molar-refractivity contribution in [2.24, 2.45) is 7.05 Å². The standard InChI is InChI=1S/C27H23F4N3O3S/c1-14(33-23-7-4-16(28)9-22(23)26(30)31)19-10-17(29)11-21-20(19)12-24(34(2)27(21)35)15-3-8-25(32-13-15)38(36,37)18-5-6-18/h3-4,7-14,18,26,33H,5-6H2,1-2H3/t14-/m1/s1. The second kappa shape index (κ2) is 9.54. The number of nitrogens with one attached hydrogen (secondary N) is 1. The van der Waals surface area contributed by atoms with Gasteiger partial charge in [-0.2, -0.15) is 0 Å². The molecule has 0 spiro atoms. The van der Waals surface area contributed by atoms with Crippen molar-refractivity contribution in [1.29, 1.82) is 0 Å². The van der Waals surface area contributed by atoms with E-state index >= 15 is 0 Å². The van der Waals surface area contributed by atoms with E-state index in [4.69, 9.17) is 0 Å². The number of pyridine rings is 2. The van der Waals surface area contributed by atoms with Gasteiger partial charge in [-0.25, -0.2) is 31.0 Å². The minimum absolute atomic E-state index is 0.0213. The molecule has 1 aliphatic carbocycles. The smallest absolute Gasteiger partial charge is 0.265 e. The minimum Gasteiger partial charge on any atom is -0.378 e. The summed E-state index contributed by atoms with van der Waals surface area (Å²) in [6.45, 7) is 1.61. The van der Waals surface area contributed by atoms with Crippen LogP contribution >= 0.6 is 0 Å². The number of aromatic nitrogens is 2. The molecule has 198 valence electrons. The lowest BCUT2D eigenvalue weighted by Crippen LogP contribution is -2.20. The van der Waals surface area contributed by atoms with Gasteiger partial charge in [0.05, 0.1) is 16.3 Å². The van der Waals surface area contributed by atoms with Crippen LogP contribution in [-0.2, 0) is 16.9 Å². The maximum Gasteiger partial charge on any atom is 0.265 e. The van der Waals surface area contributed by atoms with E-state index in [9.17, 15) is 30.8 Å². The summed E-state index contributed by atoms with van der Waals surface area (Å²) in [6.07, 6.45) is -0.364. The van der Waals surface area contributed by atoms with Gasteiger partial charge in [0.15, 0.2) is 14.9 Å². The molecule has 1 fully saturated rings. The van der Waals surface area contributed by atoms with Gasteiger partial charge in [-0.05, 0) is 79.2 Å². The number of hydrogen-bond acceptors (Lipinski definition) is 5. The molecule has 1 N–H and O–H groups in total. The highest BCUT2D eigenvalue weighted by Crippen LogP contribution is 2.35. The number of anilines is 1. The van der Waals surface area contributed by atoms with Gasteiger partial charge in [-0.3, -0.25) is 4.79 Å². The number of benzene rings is 2. The van der Waals surface area contributed by atoms with E-state index in [2.05, 4.69) is 10.3 Å². The average Bonchev–Trinajstić information content (AvgIpc) is 3.73. The third-order valence-electron chi connectivity index (χ3n) is 6.73. The maximum absolute atomic E-state index is 14.6. The third kappa shape index (κ3) is 4.66. The van der Waals surface area contributed by atoms with Crippen LogP contribution in [0.15, 0.2) is 64.5 Å². The van der Waals surface area contributed by atoms with E-state index in [-0.39, 0.29) is 16.1 Å². The summed E-state index contributed by atoms with van der Waals surface area (Å²) < 4.78 is 81.5. The predicted molar refractivity (Wildman–Crippen MR) is 136 cm³/mol. The van der Waals surface area contributed by atoms with E-state index in [1.165, 1.54) is 36.0 Å². The van der Waals surface area contributed by atoms with Crippen molar-refractivity contribution in [3.63, 3.8) is 0 Å². The van der Waals surface area contributed by atoms with E-state index in [1.807, 2.05) is 0 Å². The van der Waals surface area contributed by atoms with Crippen molar-refractivity contribution in [3.8, 4) is 11.3 Å². The van der Waals surface area contributed by atoms with E-state index in [0.29, 0.717) is 35.0 Å². The first kappa shape index (κ1) is 25.9. The molecule has 1 saturated carbocycles. The van der Waals surface area contributed by atoms with Crippen LogP contribution in [0.5, 0.6) is 0 Å². The molecule has 0 radical (unpaired) electrons. The van der Waals surface area contributed by atoms with Gasteiger partial charge in [-0.15, -0.1) is 0 Å². The van der Waals surface area contributed by atoms with Crippen LogP contribution in [-0.4, -0.2) is 23.2 Å². The van der Waals surface area contributed by atoms with Crippen molar-refractivity contribution >= 4 is 26.3 Å². The van der Waals surface area contributed by atoms with Gasteiger partial charge in [0.2, 0.25) is 0 Å². The molecule has 0 saturated heterocycles. The van der Waals surface area contributed by atoms with Crippen LogP contribution in [0.3, 0.4) is 0 Å². The molecule has 38 heavy (non-hydrogen) atoms. The lowest BCUT2D eigenvalue weighted by atomic mass is 9.98. The molecule has 2 heterocycles. The Labute approximate surface area is 215 Å². The fourth-order valence-electron chi connectivity index (χ4n) is 4.54. The van der Waals surface area contributed by atoms with Gasteiger partial charge in [0, 0.05) is 36.1 Å². The van der Waals surface area contributed by atoms with Crippen LogP contribution in [0.25, 0.3) is 22.0 Å². The summed E-state index contributed by atoms with van der Waals surface area (Å²) in [5.41, 5.74) is 0.129. The molecule has 2 aromatic heterocycles. The van der Waals surface area contributed by atoms with Crippen molar-refractivity contribution < 1.29 is 26.0 Å². The molecule has 5 rings (SSSR count). The van der Waals surface area contributed by atoms with Gasteiger partial charge >= 0.3 is 0 Å². The highest BCUT2D eigenvalue weighted by Gasteiger charge is 2.37. The molecule has 2 aromatic carbocycles. The van der Waals surface area contributed by atoms with Crippen molar-refractivity contribution in [1.82, 2.24) is 9.55 Å². The second-order valence-corrected chi connectivity index (χ2v) is 11.6. The SMILES string of the molecule is C[C@@H](Nc1ccc(F)cc1C(F)F)c1cc(F)cc2c(=O)n(C)c(-c3ccc(S(=O)(=O)C4CC4)nc3)cc12. The monoisotopic (exact) mass is 545 g/mol. The van der Waals surface area contributed by atoms with Crippen LogP contribution in [0.4, 0.5) is 23.2 Å². The number of sulfone groups is 1. The number of fused-ring (bicyclic) bond motifs is 1. The first-order valence-electron chi connectivity index (χ1n) is 11.8. The zero-order valence-corrected chi connectivity index (χ0v) is 21.2. The van der Waals surface area contributed by atoms with Crippen molar-refractivity contribution in [2.45, 2.75) is 42.5 Å². The first-order valence-corrected chi connectivity index (χ1v) is 13.4. The van der Waals surface area contributed by atoms with Gasteiger partial charge < -0.3 is 9.88 Å². The fourth-order valence-corrected chi connectivity index (χ4v) is 6.10. The Morgan fingerprint density at radius 2 is 1.68 bits per heavy atom. The molecular weight excluding hydrogens is 522 g/mol. The summed E-state index contributed by atoms with van der Waals surface area (Å²) in [4.78, 5) is 17.4. The van der Waals surface area contributed by atoms with Crippen molar-refractivity contribution in [2.75, 3.05) is 5.32 Å². The molecule has 0 aliphatic heterocycles. The van der Waals surface area contributed by atoms with Gasteiger partial charge in [0.25, 0.3) is 12.0 Å². The molecule has 0 amide bonds. The first-order chi connectivity index (χ1) is 18.0. The van der Waals surface area contributed by atoms with Crippen LogP contribution in [0.2, 0.25) is 0 Å². The maximum atomic E-state index is 14.6. The van der Waals surface area contributed by atoms with E-state index < -0.39 is 50.3 Å². The fraction of sp³-hybridized carbons (Fsp3) is 0.259. The summed E-state index contributed by atoms with van der Waals surface area (Å²) in [5, 5.41) is 2.89. The average molecular weight is 546 g/mol. The number of rotatable bonds is 7. The largest absolute Gasteiger partial charge is 0.378 e. The second-order valence-electron chi connectivity index (χ2n) is 9.38. The zero-order chi connectivity index (χ0) is 27.4. The number of alkyl halides is 2. The van der Waals surface area contributed by atoms with Crippen molar-refractivity contribution in [3.05, 3.63) is 87.8 Å². The number of hydrogen-bond donors (Lipinski definition) is 1. The lowest BCUT2D eigenvalue weighted by Gasteiger charge is -2.21. The van der Waals surface area contributed by atoms with E-state index in [0.717, 1.165) is 18.2 Å². The molecule has 4 aromatic rings. The minimum atomic E-state index is -3.49. The Morgan fingerprint density at radius 3 is 2.32 bits per heavy atom. The number of halogens is 4. The normalized spacial score (nSPS) is 14.7. The molecule has 1 atom stereocenters. The van der Waals surface area contributed by atoms with Gasteiger partial charge in [-0.1, -0.05) is 0 Å². The molecular formula is C27H23F4N3O3S. The summed E-state index contributed by atoms with van der Waals surface area (Å²) in [7, 11) is -1.98. The molecule has 0 bridgehead atoms. The molecule has 11 heteroatoms. The Bertz CT molecular complexity index is 1720. The van der Waals surface area contributed by atoms with Crippen LogP contribution in [0.1, 0.15) is 43.4 Å². The van der Waals surface area contributed by atoms with E-state index in [1.54, 1.807) is 19.1 Å². The van der Waals surface area contributed by atoms with Crippen LogP contribution in [0, 0.1) is 11.6 Å². The number of nitrogens with zero attached hydrogens (tertiary/aromatic N) is 2. The van der Waals surface area contributed by atoms with Gasteiger partial charge in [0.1, 0.15) is 11.6 Å². The highest BCUT2D eigenvalue weighted by atomic mass is 32.2. The predicted octanol–water partition coefficient (Wildman–Crippen LogP) is 5.93. The lowest BCUT2D eigenvalue weighted by molar-refractivity contribution is 0.151. The third-order valence-corrected chi connectivity index (χ3v) is 8.90. The van der Waals surface area contributed by atoms with Crippen LogP contribution < -0.4 is 10.9 Å². The highest BCUT2D eigenvalue weighted by molar-refractivity contribution is 7.92. The Morgan fingerprint density at radius 1 is 0.974 bits per heavy atom. The topological polar surface area (TPSA) is 81.1 Å². The summed E-state index contributed by atoms with van der Waals surface area (Å²) in [5.74, 6) is -1.50. The Balaban J connectivity index is 1.60. The Kier molecular flexibility index (Phi) is 6.50. The quantitative estimate of drug-likeness (QED) is 0.292. The zero-order valence-electron chi connectivity index (χ0n) is 20.4. The molecule has 0 unspecified atom stereocenters. The Hall–Kier alpha value is -3.73. The summed E-state index contributed by atoms with van der Waals surface area (Å²) in [6, 6.07) is 9.11. The summed E-state index contributed by atoms with van der Waals surface area (Å²) >= 11 is 0.